The number of nitrogens with one attached hydrogen (secondary N) is 1. The van der Waals surface area contributed by atoms with Crippen molar-refractivity contribution in [1.29, 1.82) is 0 Å². The number of nitrogens with zero attached hydrogens (tertiary/aromatic N) is 1. The second-order valence-electron chi connectivity index (χ2n) is 4.95. The Bertz CT molecular complexity index is 884. The molecule has 1 aromatic heterocycles. The van der Waals surface area contributed by atoms with Crippen LogP contribution in [0.5, 0.6) is 0 Å². The molecular weight excluding hydrogens is 309 g/mol. The van der Waals surface area contributed by atoms with Gasteiger partial charge in [-0.05, 0) is 36.4 Å². The van der Waals surface area contributed by atoms with Gasteiger partial charge in [0.05, 0.1) is 5.56 Å². The van der Waals surface area contributed by atoms with Gasteiger partial charge in [-0.2, -0.15) is 13.2 Å². The van der Waals surface area contributed by atoms with Gasteiger partial charge in [0.1, 0.15) is 5.52 Å². The molecule has 1 N–H and O–H groups in total. The number of rotatable bonds is 2. The van der Waals surface area contributed by atoms with E-state index in [1.165, 1.54) is 24.3 Å². The highest BCUT2D eigenvalue weighted by Gasteiger charge is 2.30. The molecule has 0 radical (unpaired) electrons. The number of anilines is 1. The molecule has 7 heteroatoms. The summed E-state index contributed by atoms with van der Waals surface area (Å²) < 4.78 is 43.3. The van der Waals surface area contributed by atoms with Crippen molar-refractivity contribution >= 4 is 22.7 Å². The van der Waals surface area contributed by atoms with E-state index in [-0.39, 0.29) is 11.3 Å². The van der Waals surface area contributed by atoms with Crippen molar-refractivity contribution in [2.75, 3.05) is 5.32 Å². The van der Waals surface area contributed by atoms with Gasteiger partial charge in [0.25, 0.3) is 5.91 Å². The molecule has 0 fully saturated rings. The second-order valence-corrected chi connectivity index (χ2v) is 4.95. The third kappa shape index (κ3) is 3.18. The predicted molar refractivity (Wildman–Crippen MR) is 78.1 cm³/mol. The maximum atomic E-state index is 12.7. The molecule has 0 aliphatic carbocycles. The van der Waals surface area contributed by atoms with Crippen molar-refractivity contribution in [2.45, 2.75) is 13.1 Å². The number of halogens is 3. The number of fused-ring (bicyclic) bond motifs is 1. The Hall–Kier alpha value is -2.83. The normalized spacial score (nSPS) is 11.7. The molecule has 0 atom stereocenters. The third-order valence-corrected chi connectivity index (χ3v) is 3.20. The van der Waals surface area contributed by atoms with Gasteiger partial charge in [-0.1, -0.05) is 6.07 Å². The van der Waals surface area contributed by atoms with Gasteiger partial charge in [0.2, 0.25) is 0 Å². The van der Waals surface area contributed by atoms with Gasteiger partial charge in [0.15, 0.2) is 11.5 Å². The first-order chi connectivity index (χ1) is 10.8. The van der Waals surface area contributed by atoms with Crippen LogP contribution >= 0.6 is 0 Å². The zero-order chi connectivity index (χ0) is 16.6. The molecule has 1 amide bonds. The highest BCUT2D eigenvalue weighted by Crippen LogP contribution is 2.30. The van der Waals surface area contributed by atoms with E-state index >= 15 is 0 Å². The molecule has 3 aromatic rings. The smallest absolute Gasteiger partial charge is 0.416 e. The standard InChI is InChI=1S/C16H11F3N2O2/c1-9-20-13-7-10(5-6-14(13)23-9)15(22)21-12-4-2-3-11(8-12)16(17,18)19/h2-8H,1H3,(H,21,22). The van der Waals surface area contributed by atoms with Crippen LogP contribution < -0.4 is 5.32 Å². The number of aromatic nitrogens is 1. The maximum absolute atomic E-state index is 12.7. The Kier molecular flexibility index (Phi) is 3.55. The number of carbonyl (C=O) groups is 1. The van der Waals surface area contributed by atoms with Crippen LogP contribution in [-0.4, -0.2) is 10.9 Å². The molecule has 1 heterocycles. The van der Waals surface area contributed by atoms with Crippen molar-refractivity contribution in [3.8, 4) is 0 Å². The number of carbonyl (C=O) groups excluding carboxylic acids is 1. The third-order valence-electron chi connectivity index (χ3n) is 3.20. The maximum Gasteiger partial charge on any atom is 0.416 e. The summed E-state index contributed by atoms with van der Waals surface area (Å²) in [6.45, 7) is 1.68. The van der Waals surface area contributed by atoms with Gasteiger partial charge in [-0.15, -0.1) is 0 Å². The Morgan fingerprint density at radius 3 is 2.70 bits per heavy atom. The van der Waals surface area contributed by atoms with E-state index in [1.54, 1.807) is 13.0 Å². The number of amides is 1. The SMILES string of the molecule is Cc1nc2cc(C(=O)Nc3cccc(C(F)(F)F)c3)ccc2o1. The average molecular weight is 320 g/mol. The molecule has 0 unspecified atom stereocenters. The van der Waals surface area contributed by atoms with E-state index in [9.17, 15) is 18.0 Å². The lowest BCUT2D eigenvalue weighted by molar-refractivity contribution is -0.137. The van der Waals surface area contributed by atoms with Crippen molar-refractivity contribution in [2.24, 2.45) is 0 Å². The highest BCUT2D eigenvalue weighted by molar-refractivity contribution is 6.05. The van der Waals surface area contributed by atoms with Crippen LogP contribution in [0.15, 0.2) is 46.9 Å². The van der Waals surface area contributed by atoms with Crippen molar-refractivity contribution in [1.82, 2.24) is 4.98 Å². The van der Waals surface area contributed by atoms with Crippen LogP contribution in [0.1, 0.15) is 21.8 Å². The summed E-state index contributed by atoms with van der Waals surface area (Å²) in [6.07, 6.45) is -4.46. The van der Waals surface area contributed by atoms with Crippen LogP contribution in [0.25, 0.3) is 11.1 Å². The monoisotopic (exact) mass is 320 g/mol. The molecule has 0 saturated heterocycles. The van der Waals surface area contributed by atoms with Gasteiger partial charge >= 0.3 is 6.18 Å². The summed E-state index contributed by atoms with van der Waals surface area (Å²) in [6, 6.07) is 9.10. The van der Waals surface area contributed by atoms with Crippen LogP contribution in [0, 0.1) is 6.92 Å². The molecule has 0 aliphatic heterocycles. The summed E-state index contributed by atoms with van der Waals surface area (Å²) in [5.41, 5.74) is 0.583. The van der Waals surface area contributed by atoms with Crippen LogP contribution in [0.3, 0.4) is 0 Å². The molecular formula is C16H11F3N2O2. The number of benzene rings is 2. The van der Waals surface area contributed by atoms with E-state index in [0.717, 1.165) is 12.1 Å². The van der Waals surface area contributed by atoms with E-state index in [0.29, 0.717) is 17.0 Å². The van der Waals surface area contributed by atoms with Crippen molar-refractivity contribution in [3.05, 3.63) is 59.5 Å². The minimum atomic E-state index is -4.46. The highest BCUT2D eigenvalue weighted by atomic mass is 19.4. The van der Waals surface area contributed by atoms with Crippen molar-refractivity contribution in [3.63, 3.8) is 0 Å². The van der Waals surface area contributed by atoms with E-state index in [4.69, 9.17) is 4.42 Å². The molecule has 23 heavy (non-hydrogen) atoms. The number of oxazole rings is 1. The van der Waals surface area contributed by atoms with Gasteiger partial charge in [-0.25, -0.2) is 4.98 Å². The minimum Gasteiger partial charge on any atom is -0.441 e. The fourth-order valence-corrected chi connectivity index (χ4v) is 2.16. The lowest BCUT2D eigenvalue weighted by atomic mass is 10.1. The van der Waals surface area contributed by atoms with E-state index in [2.05, 4.69) is 10.3 Å². The first-order valence-corrected chi connectivity index (χ1v) is 6.69. The van der Waals surface area contributed by atoms with Crippen LogP contribution in [-0.2, 0) is 6.18 Å². The number of aryl methyl sites for hydroxylation is 1. The Labute approximate surface area is 128 Å². The molecule has 4 nitrogen and oxygen atoms in total. The first kappa shape index (κ1) is 15.1. The van der Waals surface area contributed by atoms with Crippen LogP contribution in [0.4, 0.5) is 18.9 Å². The molecule has 0 bridgehead atoms. The Balaban J connectivity index is 1.85. The lowest BCUT2D eigenvalue weighted by Gasteiger charge is -2.09. The number of hydrogen-bond donors (Lipinski definition) is 1. The molecule has 2 aromatic carbocycles. The molecule has 0 spiro atoms. The number of alkyl halides is 3. The topological polar surface area (TPSA) is 55.1 Å². The zero-order valence-corrected chi connectivity index (χ0v) is 11.9. The zero-order valence-electron chi connectivity index (χ0n) is 11.9. The Morgan fingerprint density at radius 2 is 1.96 bits per heavy atom. The number of hydrogen-bond acceptors (Lipinski definition) is 3. The van der Waals surface area contributed by atoms with Gasteiger partial charge in [-0.3, -0.25) is 4.79 Å². The summed E-state index contributed by atoms with van der Waals surface area (Å²) in [4.78, 5) is 16.3. The fourth-order valence-electron chi connectivity index (χ4n) is 2.16. The summed E-state index contributed by atoms with van der Waals surface area (Å²) >= 11 is 0. The van der Waals surface area contributed by atoms with Crippen molar-refractivity contribution < 1.29 is 22.4 Å². The average Bonchev–Trinajstić information content (AvgIpc) is 2.85. The van der Waals surface area contributed by atoms with E-state index < -0.39 is 17.6 Å². The molecule has 0 aliphatic rings. The molecule has 3 rings (SSSR count). The second kappa shape index (κ2) is 5.42. The van der Waals surface area contributed by atoms with Crippen LogP contribution in [0.2, 0.25) is 0 Å². The predicted octanol–water partition coefficient (Wildman–Crippen LogP) is 4.41. The molecule has 0 saturated carbocycles. The van der Waals surface area contributed by atoms with E-state index in [1.807, 2.05) is 0 Å². The summed E-state index contributed by atoms with van der Waals surface area (Å²) in [5.74, 6) is -0.0534. The first-order valence-electron chi connectivity index (χ1n) is 6.69. The quantitative estimate of drug-likeness (QED) is 0.761. The van der Waals surface area contributed by atoms with Gasteiger partial charge in [0, 0.05) is 18.2 Å². The summed E-state index contributed by atoms with van der Waals surface area (Å²) in [5, 5.41) is 2.44. The van der Waals surface area contributed by atoms with Gasteiger partial charge < -0.3 is 9.73 Å². The lowest BCUT2D eigenvalue weighted by Crippen LogP contribution is -2.13. The largest absolute Gasteiger partial charge is 0.441 e. The Morgan fingerprint density at radius 1 is 1.17 bits per heavy atom. The fraction of sp³-hybridized carbons (Fsp3) is 0.125. The molecule has 118 valence electrons. The minimum absolute atomic E-state index is 0.0706. The summed E-state index contributed by atoms with van der Waals surface area (Å²) in [7, 11) is 0.